The average molecular weight is 218 g/mol. The number of anilines is 1. The van der Waals surface area contributed by atoms with E-state index in [-0.39, 0.29) is 0 Å². The smallest absolute Gasteiger partial charge is 0.226 e. The van der Waals surface area contributed by atoms with Crippen molar-refractivity contribution in [1.82, 2.24) is 9.97 Å². The third kappa shape index (κ3) is 1.97. The first kappa shape index (κ1) is 10.8. The van der Waals surface area contributed by atoms with E-state index in [9.17, 15) is 5.11 Å². The van der Waals surface area contributed by atoms with E-state index in [2.05, 4.69) is 9.97 Å². The molecule has 0 spiro atoms. The lowest BCUT2D eigenvalue weighted by atomic mass is 9.90. The SMILES string of the molecule is CCCC1(O)CN(c2nccc(C#N)n2)C1. The van der Waals surface area contributed by atoms with Crippen molar-refractivity contribution in [2.45, 2.75) is 25.4 Å². The van der Waals surface area contributed by atoms with Crippen LogP contribution in [0.15, 0.2) is 12.3 Å². The van der Waals surface area contributed by atoms with Gasteiger partial charge in [-0.3, -0.25) is 0 Å². The van der Waals surface area contributed by atoms with Crippen molar-refractivity contribution >= 4 is 5.95 Å². The predicted molar refractivity (Wildman–Crippen MR) is 58.8 cm³/mol. The topological polar surface area (TPSA) is 73.0 Å². The highest BCUT2D eigenvalue weighted by Crippen LogP contribution is 2.28. The molecule has 1 N–H and O–H groups in total. The third-order valence-corrected chi connectivity index (χ3v) is 2.73. The maximum absolute atomic E-state index is 10.0. The van der Waals surface area contributed by atoms with Gasteiger partial charge in [0.2, 0.25) is 5.95 Å². The molecule has 1 aromatic heterocycles. The molecule has 1 aliphatic rings. The molecule has 0 saturated carbocycles. The van der Waals surface area contributed by atoms with Gasteiger partial charge < -0.3 is 10.0 Å². The van der Waals surface area contributed by atoms with Gasteiger partial charge >= 0.3 is 0 Å². The van der Waals surface area contributed by atoms with Crippen LogP contribution in [0.4, 0.5) is 5.95 Å². The molecule has 1 aliphatic heterocycles. The number of aliphatic hydroxyl groups is 1. The molecule has 1 aromatic rings. The number of hydrogen-bond donors (Lipinski definition) is 1. The Morgan fingerprint density at radius 1 is 1.62 bits per heavy atom. The molecule has 16 heavy (non-hydrogen) atoms. The van der Waals surface area contributed by atoms with Crippen LogP contribution in [0, 0.1) is 11.3 Å². The number of nitrogens with zero attached hydrogens (tertiary/aromatic N) is 4. The highest BCUT2D eigenvalue weighted by molar-refractivity contribution is 5.39. The van der Waals surface area contributed by atoms with Crippen LogP contribution in [0.25, 0.3) is 0 Å². The van der Waals surface area contributed by atoms with Gasteiger partial charge in [-0.2, -0.15) is 5.26 Å². The second kappa shape index (κ2) is 4.06. The Morgan fingerprint density at radius 2 is 2.38 bits per heavy atom. The Balaban J connectivity index is 2.04. The predicted octanol–water partition coefficient (Wildman–Crippen LogP) is 0.699. The molecular weight excluding hydrogens is 204 g/mol. The van der Waals surface area contributed by atoms with Crippen LogP contribution in [0.3, 0.4) is 0 Å². The summed E-state index contributed by atoms with van der Waals surface area (Å²) in [6, 6.07) is 3.55. The summed E-state index contributed by atoms with van der Waals surface area (Å²) in [6.07, 6.45) is 3.32. The van der Waals surface area contributed by atoms with Crippen molar-refractivity contribution in [3.05, 3.63) is 18.0 Å². The summed E-state index contributed by atoms with van der Waals surface area (Å²) in [7, 11) is 0. The zero-order valence-corrected chi connectivity index (χ0v) is 9.22. The van der Waals surface area contributed by atoms with Crippen molar-refractivity contribution < 1.29 is 5.11 Å². The zero-order chi connectivity index (χ0) is 11.6. The Kier molecular flexibility index (Phi) is 2.75. The lowest BCUT2D eigenvalue weighted by Gasteiger charge is -2.46. The second-order valence-electron chi connectivity index (χ2n) is 4.18. The summed E-state index contributed by atoms with van der Waals surface area (Å²) >= 11 is 0. The van der Waals surface area contributed by atoms with Gasteiger partial charge in [0.25, 0.3) is 0 Å². The first-order valence-electron chi connectivity index (χ1n) is 5.37. The van der Waals surface area contributed by atoms with Crippen molar-refractivity contribution in [3.63, 3.8) is 0 Å². The summed E-state index contributed by atoms with van der Waals surface area (Å²) in [5.74, 6) is 0.528. The second-order valence-corrected chi connectivity index (χ2v) is 4.18. The molecule has 5 heteroatoms. The molecule has 1 fully saturated rings. The van der Waals surface area contributed by atoms with Gasteiger partial charge in [-0.05, 0) is 12.5 Å². The van der Waals surface area contributed by atoms with Crippen LogP contribution in [-0.4, -0.2) is 33.8 Å². The van der Waals surface area contributed by atoms with Crippen LogP contribution in [-0.2, 0) is 0 Å². The van der Waals surface area contributed by atoms with Crippen LogP contribution in [0.1, 0.15) is 25.5 Å². The minimum Gasteiger partial charge on any atom is -0.386 e. The molecule has 0 aliphatic carbocycles. The van der Waals surface area contributed by atoms with E-state index < -0.39 is 5.60 Å². The van der Waals surface area contributed by atoms with E-state index in [1.54, 1.807) is 12.3 Å². The first-order valence-corrected chi connectivity index (χ1v) is 5.37. The van der Waals surface area contributed by atoms with E-state index in [0.717, 1.165) is 12.8 Å². The van der Waals surface area contributed by atoms with E-state index in [0.29, 0.717) is 24.7 Å². The fourth-order valence-corrected chi connectivity index (χ4v) is 1.99. The number of β-amino-alcohol motifs (C(OH)–C–C–N with tert-alkyl or cyclic N) is 1. The highest BCUT2D eigenvalue weighted by atomic mass is 16.3. The van der Waals surface area contributed by atoms with E-state index in [1.807, 2.05) is 17.9 Å². The molecule has 84 valence electrons. The standard InChI is InChI=1S/C11H14N4O/c1-2-4-11(16)7-15(8-11)10-13-5-3-9(6-12)14-10/h3,5,16H,2,4,7-8H2,1H3. The largest absolute Gasteiger partial charge is 0.386 e. The minimum atomic E-state index is -0.596. The Morgan fingerprint density at radius 3 is 3.00 bits per heavy atom. The fraction of sp³-hybridized carbons (Fsp3) is 0.545. The van der Waals surface area contributed by atoms with Gasteiger partial charge in [0, 0.05) is 6.20 Å². The normalized spacial score (nSPS) is 17.7. The molecule has 5 nitrogen and oxygen atoms in total. The Bertz CT molecular complexity index is 420. The van der Waals surface area contributed by atoms with Crippen molar-refractivity contribution in [1.29, 1.82) is 5.26 Å². The first-order chi connectivity index (χ1) is 7.67. The van der Waals surface area contributed by atoms with Gasteiger partial charge in [-0.25, -0.2) is 9.97 Å². The Labute approximate surface area is 94.4 Å². The van der Waals surface area contributed by atoms with Gasteiger partial charge in [0.15, 0.2) is 0 Å². The average Bonchev–Trinajstić information content (AvgIpc) is 2.26. The summed E-state index contributed by atoms with van der Waals surface area (Å²) in [5.41, 5.74) is -0.239. The van der Waals surface area contributed by atoms with Crippen molar-refractivity contribution in [2.75, 3.05) is 18.0 Å². The van der Waals surface area contributed by atoms with Crippen molar-refractivity contribution in [3.8, 4) is 6.07 Å². The van der Waals surface area contributed by atoms with Gasteiger partial charge in [-0.15, -0.1) is 0 Å². The van der Waals surface area contributed by atoms with E-state index in [4.69, 9.17) is 5.26 Å². The fourth-order valence-electron chi connectivity index (χ4n) is 1.99. The number of nitriles is 1. The van der Waals surface area contributed by atoms with E-state index >= 15 is 0 Å². The highest BCUT2D eigenvalue weighted by Gasteiger charge is 2.41. The molecule has 0 unspecified atom stereocenters. The third-order valence-electron chi connectivity index (χ3n) is 2.73. The molecule has 0 aromatic carbocycles. The van der Waals surface area contributed by atoms with Crippen LogP contribution < -0.4 is 4.90 Å². The van der Waals surface area contributed by atoms with Gasteiger partial charge in [0.05, 0.1) is 18.7 Å². The monoisotopic (exact) mass is 218 g/mol. The summed E-state index contributed by atoms with van der Waals surface area (Å²) in [5, 5.41) is 18.7. The molecule has 2 heterocycles. The summed E-state index contributed by atoms with van der Waals surface area (Å²) in [4.78, 5) is 10.1. The molecular formula is C11H14N4O. The van der Waals surface area contributed by atoms with Crippen molar-refractivity contribution in [2.24, 2.45) is 0 Å². The lowest BCUT2D eigenvalue weighted by molar-refractivity contribution is 0.00244. The van der Waals surface area contributed by atoms with Crippen LogP contribution in [0.5, 0.6) is 0 Å². The molecule has 0 atom stereocenters. The summed E-state index contributed by atoms with van der Waals surface area (Å²) < 4.78 is 0. The van der Waals surface area contributed by atoms with E-state index in [1.165, 1.54) is 0 Å². The van der Waals surface area contributed by atoms with Crippen LogP contribution >= 0.6 is 0 Å². The maximum Gasteiger partial charge on any atom is 0.226 e. The molecule has 0 amide bonds. The van der Waals surface area contributed by atoms with Crippen LogP contribution in [0.2, 0.25) is 0 Å². The lowest BCUT2D eigenvalue weighted by Crippen LogP contribution is -2.62. The number of rotatable bonds is 3. The minimum absolute atomic E-state index is 0.357. The molecule has 1 saturated heterocycles. The molecule has 2 rings (SSSR count). The Hall–Kier alpha value is -1.67. The molecule has 0 bridgehead atoms. The zero-order valence-electron chi connectivity index (χ0n) is 9.22. The number of hydrogen-bond acceptors (Lipinski definition) is 5. The van der Waals surface area contributed by atoms with Gasteiger partial charge in [0.1, 0.15) is 11.8 Å². The quantitative estimate of drug-likeness (QED) is 0.808. The summed E-state index contributed by atoms with van der Waals surface area (Å²) in [6.45, 7) is 3.15. The maximum atomic E-state index is 10.0. The van der Waals surface area contributed by atoms with Gasteiger partial charge in [-0.1, -0.05) is 13.3 Å². The number of aromatic nitrogens is 2. The molecule has 0 radical (unpaired) electrons.